The second-order valence-corrected chi connectivity index (χ2v) is 6.25. The highest BCUT2D eigenvalue weighted by Crippen LogP contribution is 2.31. The van der Waals surface area contributed by atoms with Crippen molar-refractivity contribution >= 4 is 35.1 Å². The molecule has 10 heteroatoms. The van der Waals surface area contributed by atoms with Gasteiger partial charge in [-0.05, 0) is 24.3 Å². The molecule has 0 heterocycles. The van der Waals surface area contributed by atoms with Gasteiger partial charge in [0, 0.05) is 10.6 Å². The molecule has 3 amide bonds. The maximum atomic E-state index is 13.4. The molecule has 144 valence electrons. The number of carbonyl (C=O) groups is 2. The number of para-hydroxylation sites is 2. The highest BCUT2D eigenvalue weighted by molar-refractivity contribution is 7.99. The van der Waals surface area contributed by atoms with Crippen molar-refractivity contribution in [3.05, 3.63) is 54.3 Å². The second kappa shape index (κ2) is 9.26. The van der Waals surface area contributed by atoms with E-state index < -0.39 is 29.7 Å². The van der Waals surface area contributed by atoms with Crippen molar-refractivity contribution in [2.24, 2.45) is 0 Å². The van der Waals surface area contributed by atoms with Crippen molar-refractivity contribution in [3.8, 4) is 0 Å². The Hall–Kier alpha value is -2.75. The number of thioether (sulfide) groups is 1. The highest BCUT2D eigenvalue weighted by atomic mass is 32.2. The number of imide groups is 1. The minimum atomic E-state index is -4.32. The smallest absolute Gasteiger partial charge is 0.375 e. The van der Waals surface area contributed by atoms with E-state index in [0.29, 0.717) is 22.3 Å². The van der Waals surface area contributed by atoms with Crippen molar-refractivity contribution in [2.75, 3.05) is 22.9 Å². The first-order chi connectivity index (χ1) is 12.7. The van der Waals surface area contributed by atoms with E-state index >= 15 is 0 Å². The first-order valence-electron chi connectivity index (χ1n) is 7.62. The Bertz CT molecular complexity index is 815. The summed E-state index contributed by atoms with van der Waals surface area (Å²) in [5.74, 6) is -2.46. The number of carbonyl (C=O) groups excluding carboxylic acids is 2. The molecule has 0 aliphatic rings. The number of anilines is 2. The van der Waals surface area contributed by atoms with Gasteiger partial charge in [0.15, 0.2) is 0 Å². The number of amides is 3. The zero-order valence-corrected chi connectivity index (χ0v) is 14.6. The molecule has 0 atom stereocenters. The van der Waals surface area contributed by atoms with Gasteiger partial charge in [0.2, 0.25) is 5.91 Å². The minimum Gasteiger partial charge on any atom is -0.375 e. The van der Waals surface area contributed by atoms with E-state index in [4.69, 9.17) is 0 Å². The van der Waals surface area contributed by atoms with Gasteiger partial charge in [-0.15, -0.1) is 11.8 Å². The van der Waals surface area contributed by atoms with Crippen LogP contribution in [0.1, 0.15) is 0 Å². The van der Waals surface area contributed by atoms with Gasteiger partial charge in [0.1, 0.15) is 5.82 Å². The summed E-state index contributed by atoms with van der Waals surface area (Å²) in [6.07, 6.45) is -4.32. The summed E-state index contributed by atoms with van der Waals surface area (Å²) in [4.78, 5) is 23.8. The van der Waals surface area contributed by atoms with Crippen molar-refractivity contribution in [1.82, 2.24) is 5.32 Å². The Labute approximate surface area is 156 Å². The van der Waals surface area contributed by atoms with Crippen LogP contribution in [0.3, 0.4) is 0 Å². The lowest BCUT2D eigenvalue weighted by atomic mass is 10.3. The molecule has 5 nitrogen and oxygen atoms in total. The maximum absolute atomic E-state index is 13.4. The lowest BCUT2D eigenvalue weighted by molar-refractivity contribution is -0.118. The Morgan fingerprint density at radius 2 is 1.59 bits per heavy atom. The molecular formula is C17H15F4N3O2S. The third-order valence-electron chi connectivity index (χ3n) is 3.09. The molecule has 0 spiro atoms. The van der Waals surface area contributed by atoms with E-state index in [1.165, 1.54) is 30.3 Å². The number of benzene rings is 2. The fraction of sp³-hybridized carbons (Fsp3) is 0.176. The van der Waals surface area contributed by atoms with Gasteiger partial charge in [0.25, 0.3) is 0 Å². The monoisotopic (exact) mass is 401 g/mol. The molecule has 0 saturated carbocycles. The molecule has 0 aliphatic carbocycles. The van der Waals surface area contributed by atoms with Gasteiger partial charge in [-0.25, -0.2) is 9.18 Å². The summed E-state index contributed by atoms with van der Waals surface area (Å²) in [7, 11) is 0. The van der Waals surface area contributed by atoms with Crippen LogP contribution in [0.4, 0.5) is 33.7 Å². The number of rotatable bonds is 6. The Morgan fingerprint density at radius 1 is 0.963 bits per heavy atom. The number of hydrogen-bond acceptors (Lipinski definition) is 4. The van der Waals surface area contributed by atoms with Gasteiger partial charge < -0.3 is 10.6 Å². The molecule has 2 aromatic rings. The average Bonchev–Trinajstić information content (AvgIpc) is 2.60. The summed E-state index contributed by atoms with van der Waals surface area (Å²) in [5, 5.41) is 6.86. The van der Waals surface area contributed by atoms with Crippen LogP contribution < -0.4 is 16.0 Å². The van der Waals surface area contributed by atoms with Crippen molar-refractivity contribution in [2.45, 2.75) is 11.1 Å². The van der Waals surface area contributed by atoms with Crippen LogP contribution in [-0.2, 0) is 4.79 Å². The molecule has 3 N–H and O–H groups in total. The topological polar surface area (TPSA) is 70.2 Å². The van der Waals surface area contributed by atoms with E-state index in [-0.39, 0.29) is 12.2 Å². The van der Waals surface area contributed by atoms with Gasteiger partial charge in [-0.3, -0.25) is 10.1 Å². The van der Waals surface area contributed by atoms with Crippen molar-refractivity contribution in [3.63, 3.8) is 0 Å². The van der Waals surface area contributed by atoms with Crippen LogP contribution >= 0.6 is 11.8 Å². The third-order valence-corrected chi connectivity index (χ3v) is 4.23. The average molecular weight is 401 g/mol. The fourth-order valence-electron chi connectivity index (χ4n) is 1.96. The predicted octanol–water partition coefficient (Wildman–Crippen LogP) is 4.24. The molecule has 0 radical (unpaired) electrons. The van der Waals surface area contributed by atoms with Crippen LogP contribution in [0.25, 0.3) is 0 Å². The molecule has 0 aromatic heterocycles. The number of hydrogen-bond donors (Lipinski definition) is 3. The number of halogens is 4. The van der Waals surface area contributed by atoms with Crippen LogP contribution in [0.5, 0.6) is 0 Å². The number of nitrogens with one attached hydrogen (secondary N) is 3. The highest BCUT2D eigenvalue weighted by Gasteiger charge is 2.27. The first kappa shape index (κ1) is 20.6. The summed E-state index contributed by atoms with van der Waals surface area (Å²) in [5.41, 5.74) is 0.237. The van der Waals surface area contributed by atoms with Gasteiger partial charge in [0.05, 0.1) is 18.0 Å². The maximum Gasteiger partial charge on any atom is 0.398 e. The Kier molecular flexibility index (Phi) is 7.05. The quantitative estimate of drug-likeness (QED) is 0.500. The molecule has 0 aliphatic heterocycles. The zero-order valence-electron chi connectivity index (χ0n) is 13.8. The summed E-state index contributed by atoms with van der Waals surface area (Å²) >= 11 is 0.583. The molecule has 2 aromatic carbocycles. The van der Waals surface area contributed by atoms with Crippen LogP contribution in [0.15, 0.2) is 53.4 Å². The predicted molar refractivity (Wildman–Crippen MR) is 95.3 cm³/mol. The molecule has 0 unspecified atom stereocenters. The molecule has 2 rings (SSSR count). The second-order valence-electron chi connectivity index (χ2n) is 5.24. The summed E-state index contributed by atoms with van der Waals surface area (Å²) in [6.45, 7) is -0.353. The van der Waals surface area contributed by atoms with Crippen molar-refractivity contribution in [1.29, 1.82) is 0 Å². The standard InChI is InChI=1S/C17H15F4N3O2S/c18-11-5-1-2-6-12(11)23-16(26)24-15(25)9-22-13-7-3-4-8-14(13)27-10-17(19,20)21/h1-8,22H,9-10H2,(H2,23,24,25,26). The van der Waals surface area contributed by atoms with E-state index in [1.807, 2.05) is 5.32 Å². The molecule has 0 fully saturated rings. The van der Waals surface area contributed by atoms with Gasteiger partial charge in [-0.1, -0.05) is 24.3 Å². The van der Waals surface area contributed by atoms with Gasteiger partial charge >= 0.3 is 12.2 Å². The summed E-state index contributed by atoms with van der Waals surface area (Å²) < 4.78 is 50.5. The lowest BCUT2D eigenvalue weighted by Gasteiger charge is -2.13. The van der Waals surface area contributed by atoms with E-state index in [2.05, 4.69) is 10.6 Å². The minimum absolute atomic E-state index is 0.0929. The van der Waals surface area contributed by atoms with E-state index in [9.17, 15) is 27.2 Å². The lowest BCUT2D eigenvalue weighted by Crippen LogP contribution is -2.38. The van der Waals surface area contributed by atoms with E-state index in [1.54, 1.807) is 12.1 Å². The third kappa shape index (κ3) is 7.18. The van der Waals surface area contributed by atoms with Crippen LogP contribution in [-0.4, -0.2) is 30.4 Å². The normalized spacial score (nSPS) is 11.0. The van der Waals surface area contributed by atoms with Gasteiger partial charge in [-0.2, -0.15) is 13.2 Å². The molecule has 0 bridgehead atoms. The SMILES string of the molecule is O=C(CNc1ccccc1SCC(F)(F)F)NC(=O)Nc1ccccc1F. The molecular weight excluding hydrogens is 386 g/mol. The summed E-state index contributed by atoms with van der Waals surface area (Å²) in [6, 6.07) is 10.7. The van der Waals surface area contributed by atoms with Crippen molar-refractivity contribution < 1.29 is 27.2 Å². The fourth-order valence-corrected chi connectivity index (χ4v) is 2.75. The Morgan fingerprint density at radius 3 is 2.26 bits per heavy atom. The van der Waals surface area contributed by atoms with E-state index in [0.717, 1.165) is 6.07 Å². The largest absolute Gasteiger partial charge is 0.398 e. The zero-order chi connectivity index (χ0) is 19.9. The Balaban J connectivity index is 1.86. The first-order valence-corrected chi connectivity index (χ1v) is 8.61. The number of urea groups is 1. The number of alkyl halides is 3. The van der Waals surface area contributed by atoms with Crippen LogP contribution in [0, 0.1) is 5.82 Å². The van der Waals surface area contributed by atoms with Crippen LogP contribution in [0.2, 0.25) is 0 Å². The molecule has 27 heavy (non-hydrogen) atoms. The molecule has 0 saturated heterocycles.